The molecular formula is C56H62O2. The van der Waals surface area contributed by atoms with Crippen LogP contribution < -0.4 is 0 Å². The summed E-state index contributed by atoms with van der Waals surface area (Å²) in [6, 6.07) is 50.8. The molecule has 2 heteroatoms. The quantitative estimate of drug-likeness (QED) is 0.131. The van der Waals surface area contributed by atoms with E-state index < -0.39 is 11.2 Å². The normalized spacial score (nSPS) is 13.3. The van der Waals surface area contributed by atoms with Crippen molar-refractivity contribution in [2.45, 2.75) is 116 Å². The molecule has 0 spiro atoms. The van der Waals surface area contributed by atoms with Crippen LogP contribution in [0.25, 0.3) is 21.5 Å². The summed E-state index contributed by atoms with van der Waals surface area (Å²) in [5.41, 5.74) is 6.57. The lowest BCUT2D eigenvalue weighted by molar-refractivity contribution is 0.127. The van der Waals surface area contributed by atoms with Crippen molar-refractivity contribution in [3.8, 4) is 0 Å². The average Bonchev–Trinajstić information content (AvgIpc) is 3.18. The number of benzene rings is 7. The summed E-state index contributed by atoms with van der Waals surface area (Å²) < 4.78 is 0. The molecule has 0 fully saturated rings. The Labute approximate surface area is 347 Å². The minimum absolute atomic E-state index is 0.0311. The van der Waals surface area contributed by atoms with Crippen LogP contribution in [0.1, 0.15) is 139 Å². The molecule has 298 valence electrons. The van der Waals surface area contributed by atoms with Crippen LogP contribution in [0, 0.1) is 0 Å². The fourth-order valence-corrected chi connectivity index (χ4v) is 8.48. The van der Waals surface area contributed by atoms with Gasteiger partial charge in [-0.25, -0.2) is 0 Å². The third-order valence-electron chi connectivity index (χ3n) is 12.3. The maximum atomic E-state index is 13.5. The van der Waals surface area contributed by atoms with Gasteiger partial charge >= 0.3 is 0 Å². The van der Waals surface area contributed by atoms with Crippen molar-refractivity contribution in [2.75, 3.05) is 0 Å². The highest BCUT2D eigenvalue weighted by atomic mass is 16.3. The van der Waals surface area contributed by atoms with E-state index in [0.717, 1.165) is 54.9 Å². The zero-order valence-electron chi connectivity index (χ0n) is 36.8. The average molecular weight is 767 g/mol. The molecule has 0 amide bonds. The van der Waals surface area contributed by atoms with E-state index >= 15 is 0 Å². The minimum atomic E-state index is -1.48. The Balaban J connectivity index is 1.51. The zero-order chi connectivity index (χ0) is 42.1. The van der Waals surface area contributed by atoms with Crippen LogP contribution in [0.15, 0.2) is 146 Å². The van der Waals surface area contributed by atoms with Gasteiger partial charge in [-0.15, -0.1) is 0 Å². The van der Waals surface area contributed by atoms with Gasteiger partial charge in [-0.3, -0.25) is 0 Å². The van der Waals surface area contributed by atoms with Gasteiger partial charge in [0.25, 0.3) is 0 Å². The summed E-state index contributed by atoms with van der Waals surface area (Å²) in [5.74, 6) is 0. The van der Waals surface area contributed by atoms with E-state index in [4.69, 9.17) is 0 Å². The number of hydrogen-bond acceptors (Lipinski definition) is 2. The van der Waals surface area contributed by atoms with Crippen LogP contribution in [0.2, 0.25) is 0 Å². The molecule has 0 saturated carbocycles. The predicted octanol–water partition coefficient (Wildman–Crippen LogP) is 13.8. The first-order valence-corrected chi connectivity index (χ1v) is 20.9. The minimum Gasteiger partial charge on any atom is -0.376 e. The van der Waals surface area contributed by atoms with Gasteiger partial charge in [-0.1, -0.05) is 217 Å². The molecule has 7 aromatic carbocycles. The van der Waals surface area contributed by atoms with Crippen LogP contribution in [0.5, 0.6) is 0 Å². The molecule has 7 aromatic rings. The molecule has 0 aliphatic rings. The van der Waals surface area contributed by atoms with Crippen molar-refractivity contribution in [1.82, 2.24) is 0 Å². The first-order valence-electron chi connectivity index (χ1n) is 20.9. The van der Waals surface area contributed by atoms with Crippen LogP contribution in [-0.2, 0) is 32.9 Å². The molecule has 2 N–H and O–H groups in total. The van der Waals surface area contributed by atoms with E-state index in [0.29, 0.717) is 0 Å². The van der Waals surface area contributed by atoms with Crippen molar-refractivity contribution < 1.29 is 10.2 Å². The summed E-state index contributed by atoms with van der Waals surface area (Å²) in [4.78, 5) is 0. The Morgan fingerprint density at radius 3 is 0.724 bits per heavy atom. The molecular weight excluding hydrogens is 705 g/mol. The van der Waals surface area contributed by atoms with Crippen molar-refractivity contribution in [2.24, 2.45) is 0 Å². The second-order valence-electron chi connectivity index (χ2n) is 20.6. The topological polar surface area (TPSA) is 40.5 Å². The van der Waals surface area contributed by atoms with Gasteiger partial charge in [0.2, 0.25) is 0 Å². The molecule has 0 heterocycles. The molecule has 58 heavy (non-hydrogen) atoms. The first-order chi connectivity index (χ1) is 27.0. The molecule has 0 radical (unpaired) electrons. The summed E-state index contributed by atoms with van der Waals surface area (Å²) >= 11 is 0. The molecule has 2 nitrogen and oxygen atoms in total. The lowest BCUT2D eigenvalue weighted by Crippen LogP contribution is -2.30. The second-order valence-corrected chi connectivity index (χ2v) is 20.6. The molecule has 0 aliphatic heterocycles. The lowest BCUT2D eigenvalue weighted by atomic mass is 9.74. The van der Waals surface area contributed by atoms with E-state index in [9.17, 15) is 10.2 Å². The summed E-state index contributed by atoms with van der Waals surface area (Å²) in [6.07, 6.45) is 0. The fourth-order valence-electron chi connectivity index (χ4n) is 8.48. The van der Waals surface area contributed by atoms with Gasteiger partial charge in [-0.2, -0.15) is 0 Å². The van der Waals surface area contributed by atoms with E-state index in [-0.39, 0.29) is 21.7 Å². The van der Waals surface area contributed by atoms with Crippen LogP contribution >= 0.6 is 0 Å². The standard InChI is InChI=1S/C56H62O2/c1-51(2,3)39-19-27-43(28-20-39)55(57,44-29-21-40(22-30-44)52(4,5)6)49-17-13-15-37-35-38-16-14-18-50(48(38)36-47(37)49)56(58,45-31-23-41(24-32-45)53(7,8)9)46-33-25-42(26-34-46)54(10,11)12/h13-36,57-58H,1-12H3. The Kier molecular flexibility index (Phi) is 10.2. The second kappa shape index (κ2) is 14.4. The van der Waals surface area contributed by atoms with Gasteiger partial charge in [0, 0.05) is 11.1 Å². The molecule has 0 aliphatic carbocycles. The highest BCUT2D eigenvalue weighted by molar-refractivity contribution is 6.02. The largest absolute Gasteiger partial charge is 0.376 e. The summed E-state index contributed by atoms with van der Waals surface area (Å²) in [6.45, 7) is 26.6. The van der Waals surface area contributed by atoms with Gasteiger partial charge in [-0.05, 0) is 99.8 Å². The van der Waals surface area contributed by atoms with Gasteiger partial charge < -0.3 is 10.2 Å². The molecule has 0 atom stereocenters. The van der Waals surface area contributed by atoms with E-state index in [1.165, 1.54) is 22.3 Å². The van der Waals surface area contributed by atoms with Gasteiger partial charge in [0.05, 0.1) is 0 Å². The lowest BCUT2D eigenvalue weighted by Gasteiger charge is -2.34. The number of fused-ring (bicyclic) bond motifs is 2. The third kappa shape index (κ3) is 7.42. The van der Waals surface area contributed by atoms with Crippen molar-refractivity contribution in [1.29, 1.82) is 0 Å². The fraction of sp³-hybridized carbons (Fsp3) is 0.321. The number of hydrogen-bond donors (Lipinski definition) is 2. The first kappa shape index (κ1) is 41.2. The molecule has 0 saturated heterocycles. The van der Waals surface area contributed by atoms with Crippen LogP contribution in [0.4, 0.5) is 0 Å². The van der Waals surface area contributed by atoms with Crippen molar-refractivity contribution in [3.63, 3.8) is 0 Å². The maximum absolute atomic E-state index is 13.5. The molecule has 7 rings (SSSR count). The highest BCUT2D eigenvalue weighted by Gasteiger charge is 2.38. The Hall–Kier alpha value is -5.02. The number of aliphatic hydroxyl groups is 2. The number of rotatable bonds is 6. The molecule has 0 aromatic heterocycles. The summed E-state index contributed by atoms with van der Waals surface area (Å²) in [7, 11) is 0. The van der Waals surface area contributed by atoms with Gasteiger partial charge in [0.1, 0.15) is 11.2 Å². The Bertz CT molecular complexity index is 2270. The van der Waals surface area contributed by atoms with Crippen LogP contribution in [0.3, 0.4) is 0 Å². The van der Waals surface area contributed by atoms with Crippen molar-refractivity contribution >= 4 is 21.5 Å². The zero-order valence-corrected chi connectivity index (χ0v) is 36.8. The van der Waals surface area contributed by atoms with E-state index in [2.05, 4.69) is 229 Å². The SMILES string of the molecule is CC(C)(C)c1ccc(C(O)(c2ccc(C(C)(C)C)cc2)c2cccc3cc4cccc(C(O)(c5ccc(C(C)(C)C)cc5)c5ccc(C(C)(C)C)cc5)c4cc23)cc1. The van der Waals surface area contributed by atoms with Gasteiger partial charge in [0.15, 0.2) is 0 Å². The highest BCUT2D eigenvalue weighted by Crippen LogP contribution is 2.46. The van der Waals surface area contributed by atoms with E-state index in [1.807, 2.05) is 0 Å². The van der Waals surface area contributed by atoms with E-state index in [1.54, 1.807) is 0 Å². The maximum Gasteiger partial charge on any atom is 0.141 e. The Morgan fingerprint density at radius 2 is 0.500 bits per heavy atom. The Morgan fingerprint density at radius 1 is 0.276 bits per heavy atom. The monoisotopic (exact) mass is 766 g/mol. The molecule has 0 bridgehead atoms. The third-order valence-corrected chi connectivity index (χ3v) is 12.3. The van der Waals surface area contributed by atoms with Crippen molar-refractivity contribution in [3.05, 3.63) is 201 Å². The van der Waals surface area contributed by atoms with Crippen LogP contribution in [-0.4, -0.2) is 10.2 Å². The molecule has 0 unspecified atom stereocenters. The smallest absolute Gasteiger partial charge is 0.141 e. The summed E-state index contributed by atoms with van der Waals surface area (Å²) in [5, 5.41) is 30.9. The predicted molar refractivity (Wildman–Crippen MR) is 246 cm³/mol.